The van der Waals surface area contributed by atoms with Crippen LogP contribution in [0.25, 0.3) is 0 Å². The molecule has 0 aliphatic carbocycles. The first kappa shape index (κ1) is 23.0. The Labute approximate surface area is 187 Å². The number of sulfone groups is 1. The Morgan fingerprint density at radius 1 is 0.906 bits per heavy atom. The van der Waals surface area contributed by atoms with E-state index in [1.54, 1.807) is 6.07 Å². The molecule has 2 aromatic carbocycles. The summed E-state index contributed by atoms with van der Waals surface area (Å²) in [5.74, 6) is 1.41. The van der Waals surface area contributed by atoms with Crippen molar-refractivity contribution in [3.63, 3.8) is 0 Å². The lowest BCUT2D eigenvalue weighted by Crippen LogP contribution is -2.56. The summed E-state index contributed by atoms with van der Waals surface area (Å²) >= 11 is 0. The average molecular weight is 465 g/mol. The van der Waals surface area contributed by atoms with Crippen molar-refractivity contribution in [2.45, 2.75) is 49.6 Å². The maximum Gasteiger partial charge on any atom is 0.187 e. The van der Waals surface area contributed by atoms with E-state index in [4.69, 9.17) is 14.2 Å². The van der Waals surface area contributed by atoms with Crippen molar-refractivity contribution in [1.82, 2.24) is 0 Å². The lowest BCUT2D eigenvalue weighted by Gasteiger charge is -2.40. The molecule has 0 radical (unpaired) electrons. The Morgan fingerprint density at radius 3 is 2.31 bits per heavy atom. The summed E-state index contributed by atoms with van der Waals surface area (Å²) < 4.78 is 41.0. The van der Waals surface area contributed by atoms with Gasteiger partial charge in [0.05, 0.1) is 0 Å². The van der Waals surface area contributed by atoms with Gasteiger partial charge in [0.1, 0.15) is 37.6 Å². The zero-order valence-electron chi connectivity index (χ0n) is 18.0. The minimum Gasteiger partial charge on any atom is -0.486 e. The summed E-state index contributed by atoms with van der Waals surface area (Å²) in [6.07, 6.45) is -3.67. The lowest BCUT2D eigenvalue weighted by molar-refractivity contribution is -0.202. The van der Waals surface area contributed by atoms with Gasteiger partial charge < -0.3 is 29.5 Å². The molecule has 0 aromatic heterocycles. The molecule has 2 aromatic rings. The van der Waals surface area contributed by atoms with Gasteiger partial charge in [-0.1, -0.05) is 31.2 Å². The second kappa shape index (κ2) is 8.99. The molecular weight excluding hydrogens is 436 g/mol. The fourth-order valence-corrected chi connectivity index (χ4v) is 5.22. The summed E-state index contributed by atoms with van der Waals surface area (Å²) in [5.41, 5.74) is 1.98. The molecule has 9 heteroatoms. The van der Waals surface area contributed by atoms with E-state index in [1.165, 1.54) is 0 Å². The molecule has 0 bridgehead atoms. The number of ether oxygens (including phenoxy) is 3. The van der Waals surface area contributed by atoms with Crippen LogP contribution in [0.1, 0.15) is 35.3 Å². The topological polar surface area (TPSA) is 123 Å². The van der Waals surface area contributed by atoms with Crippen molar-refractivity contribution in [3.8, 4) is 11.5 Å². The summed E-state index contributed by atoms with van der Waals surface area (Å²) in [7, 11) is -3.82. The Morgan fingerprint density at radius 2 is 1.62 bits per heavy atom. The Balaban J connectivity index is 1.65. The van der Waals surface area contributed by atoms with Crippen molar-refractivity contribution in [1.29, 1.82) is 0 Å². The highest BCUT2D eigenvalue weighted by Gasteiger charge is 2.48. The molecule has 32 heavy (non-hydrogen) atoms. The maximum absolute atomic E-state index is 12.1. The van der Waals surface area contributed by atoms with Crippen LogP contribution in [0.2, 0.25) is 0 Å². The highest BCUT2D eigenvalue weighted by molar-refractivity contribution is 7.91. The van der Waals surface area contributed by atoms with Crippen LogP contribution in [0.15, 0.2) is 36.4 Å². The van der Waals surface area contributed by atoms with Crippen LogP contribution in [0.5, 0.6) is 11.5 Å². The van der Waals surface area contributed by atoms with E-state index in [0.29, 0.717) is 36.7 Å². The third-order valence-electron chi connectivity index (χ3n) is 5.93. The summed E-state index contributed by atoms with van der Waals surface area (Å²) in [6, 6.07) is 11.3. The molecular formula is C23H28O8S. The van der Waals surface area contributed by atoms with Gasteiger partial charge in [-0.3, -0.25) is 0 Å². The second-order valence-corrected chi connectivity index (χ2v) is 10.4. The first-order chi connectivity index (χ1) is 15.2. The van der Waals surface area contributed by atoms with Gasteiger partial charge in [-0.25, -0.2) is 8.42 Å². The molecule has 2 heterocycles. The molecule has 174 valence electrons. The molecule has 1 saturated heterocycles. The van der Waals surface area contributed by atoms with E-state index in [-0.39, 0.29) is 0 Å². The molecule has 0 unspecified atom stereocenters. The first-order valence-electron chi connectivity index (χ1n) is 10.6. The van der Waals surface area contributed by atoms with Gasteiger partial charge in [0.2, 0.25) is 0 Å². The molecule has 2 aliphatic heterocycles. The van der Waals surface area contributed by atoms with E-state index < -0.39 is 39.7 Å². The van der Waals surface area contributed by atoms with E-state index in [9.17, 15) is 23.7 Å². The molecule has 5 atom stereocenters. The average Bonchev–Trinajstić information content (AvgIpc) is 2.76. The summed E-state index contributed by atoms with van der Waals surface area (Å²) in [6.45, 7) is 3.06. The fraction of sp³-hybridized carbons (Fsp3) is 0.478. The molecule has 8 nitrogen and oxygen atoms in total. The Kier molecular flexibility index (Phi) is 6.46. The highest BCUT2D eigenvalue weighted by Crippen LogP contribution is 2.36. The molecule has 0 saturated carbocycles. The number of hydrogen-bond acceptors (Lipinski definition) is 8. The van der Waals surface area contributed by atoms with Crippen LogP contribution in [0, 0.1) is 0 Å². The largest absolute Gasteiger partial charge is 0.486 e. The van der Waals surface area contributed by atoms with E-state index >= 15 is 0 Å². The summed E-state index contributed by atoms with van der Waals surface area (Å²) in [4.78, 5) is 0. The monoisotopic (exact) mass is 464 g/mol. The van der Waals surface area contributed by atoms with Crippen molar-refractivity contribution >= 4 is 9.84 Å². The zero-order chi connectivity index (χ0) is 23.0. The van der Waals surface area contributed by atoms with Crippen LogP contribution in [0.3, 0.4) is 0 Å². The van der Waals surface area contributed by atoms with Gasteiger partial charge in [0.15, 0.2) is 26.8 Å². The fourth-order valence-electron chi connectivity index (χ4n) is 4.23. The predicted molar refractivity (Wildman–Crippen MR) is 117 cm³/mol. The minimum atomic E-state index is -3.82. The number of aliphatic hydroxyl groups excluding tert-OH is 3. The number of benzene rings is 2. The van der Waals surface area contributed by atoms with Gasteiger partial charge in [-0.2, -0.15) is 0 Å². The van der Waals surface area contributed by atoms with Gasteiger partial charge in [0, 0.05) is 6.26 Å². The maximum atomic E-state index is 12.1. The molecule has 3 N–H and O–H groups in total. The zero-order valence-corrected chi connectivity index (χ0v) is 18.8. The summed E-state index contributed by atoms with van der Waals surface area (Å²) in [5, 5.41) is 30.9. The van der Waals surface area contributed by atoms with Gasteiger partial charge >= 0.3 is 0 Å². The molecule has 4 rings (SSSR count). The predicted octanol–water partition coefficient (Wildman–Crippen LogP) is 1.14. The van der Waals surface area contributed by atoms with E-state index in [1.807, 2.05) is 37.3 Å². The number of aryl methyl sites for hydroxylation is 1. The van der Waals surface area contributed by atoms with E-state index in [2.05, 4.69) is 0 Å². The second-order valence-electron chi connectivity index (χ2n) is 8.26. The standard InChI is InChI=1S/C23H28O8S/c1-3-14-5-6-15(22-20(25)19(24)21(26)23(31-22)32(2,27)28)12-16(14)10-13-4-7-17-18(11-13)30-9-8-29-17/h4-7,11-12,19-26H,3,8-10H2,1-2H3/t19-,20-,21+,22+,23-/m1/s1. The van der Waals surface area contributed by atoms with Gasteiger partial charge in [-0.05, 0) is 47.2 Å². The number of fused-ring (bicyclic) bond motifs is 1. The van der Waals surface area contributed by atoms with Crippen LogP contribution in [-0.4, -0.2) is 67.0 Å². The van der Waals surface area contributed by atoms with E-state index in [0.717, 1.165) is 29.4 Å². The van der Waals surface area contributed by atoms with Crippen LogP contribution in [-0.2, 0) is 27.4 Å². The van der Waals surface area contributed by atoms with Crippen LogP contribution in [0.4, 0.5) is 0 Å². The SMILES string of the molecule is CCc1ccc([C@@H]2O[C@H](S(C)(=O)=O)[C@@H](O)[C@H](O)[C@H]2O)cc1Cc1ccc2c(c1)OCCO2. The van der Waals surface area contributed by atoms with Crippen molar-refractivity contribution in [2.75, 3.05) is 19.5 Å². The molecule has 0 amide bonds. The molecule has 2 aliphatic rings. The Bertz CT molecular complexity index is 1080. The normalized spacial score (nSPS) is 27.8. The minimum absolute atomic E-state index is 0.499. The number of rotatable bonds is 5. The van der Waals surface area contributed by atoms with Crippen LogP contribution >= 0.6 is 0 Å². The number of aliphatic hydroxyl groups is 3. The quantitative estimate of drug-likeness (QED) is 0.602. The van der Waals surface area contributed by atoms with Crippen molar-refractivity contribution in [2.24, 2.45) is 0 Å². The third kappa shape index (κ3) is 4.49. The Hall–Kier alpha value is -2.17. The lowest BCUT2D eigenvalue weighted by atomic mass is 9.90. The third-order valence-corrected chi connectivity index (χ3v) is 7.17. The number of hydrogen-bond donors (Lipinski definition) is 3. The molecule has 0 spiro atoms. The van der Waals surface area contributed by atoms with Crippen molar-refractivity contribution < 1.29 is 37.9 Å². The van der Waals surface area contributed by atoms with Crippen molar-refractivity contribution in [3.05, 3.63) is 58.7 Å². The van der Waals surface area contributed by atoms with Crippen LogP contribution < -0.4 is 9.47 Å². The smallest absolute Gasteiger partial charge is 0.187 e. The van der Waals surface area contributed by atoms with Gasteiger partial charge in [-0.15, -0.1) is 0 Å². The van der Waals surface area contributed by atoms with Gasteiger partial charge in [0.25, 0.3) is 0 Å². The first-order valence-corrected chi connectivity index (χ1v) is 12.5. The molecule has 1 fully saturated rings. The highest BCUT2D eigenvalue weighted by atomic mass is 32.2.